The molecule has 0 aliphatic carbocycles. The van der Waals surface area contributed by atoms with Crippen LogP contribution in [-0.4, -0.2) is 56.3 Å². The van der Waals surface area contributed by atoms with E-state index >= 15 is 0 Å². The molecular formula is C13H24F3N3O. The standard InChI is InChI=1S/C13H24F3N3O/c1-3-17-6-10(2)12(20)18-7-11-4-5-19(8-11)9-13(14,15)16/h10-11,17H,3-9H2,1-2H3,(H,18,20). The Kier molecular flexibility index (Phi) is 6.75. The molecule has 1 fully saturated rings. The molecule has 118 valence electrons. The molecule has 20 heavy (non-hydrogen) atoms. The molecule has 1 rings (SSSR count). The zero-order valence-electron chi connectivity index (χ0n) is 12.1. The van der Waals surface area contributed by atoms with E-state index in [0.717, 1.165) is 6.54 Å². The maximum absolute atomic E-state index is 12.3. The van der Waals surface area contributed by atoms with Crippen LogP contribution in [0.5, 0.6) is 0 Å². The van der Waals surface area contributed by atoms with E-state index in [0.29, 0.717) is 32.6 Å². The molecule has 0 aromatic heterocycles. The molecule has 1 aliphatic heterocycles. The lowest BCUT2D eigenvalue weighted by atomic mass is 10.1. The van der Waals surface area contributed by atoms with Gasteiger partial charge in [0.05, 0.1) is 6.54 Å². The molecule has 1 aliphatic rings. The molecule has 0 aromatic carbocycles. The summed E-state index contributed by atoms with van der Waals surface area (Å²) < 4.78 is 36.8. The van der Waals surface area contributed by atoms with E-state index in [1.54, 1.807) is 0 Å². The van der Waals surface area contributed by atoms with Gasteiger partial charge in [0, 0.05) is 25.6 Å². The van der Waals surface area contributed by atoms with Gasteiger partial charge >= 0.3 is 6.18 Å². The van der Waals surface area contributed by atoms with Crippen molar-refractivity contribution in [2.45, 2.75) is 26.4 Å². The van der Waals surface area contributed by atoms with Crippen LogP contribution in [0.2, 0.25) is 0 Å². The number of likely N-dealkylation sites (tertiary alicyclic amines) is 1. The van der Waals surface area contributed by atoms with Crippen molar-refractivity contribution >= 4 is 5.91 Å². The largest absolute Gasteiger partial charge is 0.401 e. The Morgan fingerprint density at radius 1 is 1.45 bits per heavy atom. The van der Waals surface area contributed by atoms with Gasteiger partial charge in [-0.3, -0.25) is 9.69 Å². The van der Waals surface area contributed by atoms with Crippen molar-refractivity contribution in [2.75, 3.05) is 39.3 Å². The average molecular weight is 295 g/mol. The molecule has 0 saturated carbocycles. The number of hydrogen-bond acceptors (Lipinski definition) is 3. The maximum Gasteiger partial charge on any atom is 0.401 e. The molecule has 0 bridgehead atoms. The van der Waals surface area contributed by atoms with Gasteiger partial charge < -0.3 is 10.6 Å². The van der Waals surface area contributed by atoms with Crippen LogP contribution in [0.25, 0.3) is 0 Å². The van der Waals surface area contributed by atoms with Crippen LogP contribution < -0.4 is 10.6 Å². The van der Waals surface area contributed by atoms with Gasteiger partial charge in [0.1, 0.15) is 0 Å². The van der Waals surface area contributed by atoms with Crippen LogP contribution in [0.3, 0.4) is 0 Å². The molecule has 1 saturated heterocycles. The van der Waals surface area contributed by atoms with Gasteiger partial charge in [-0.05, 0) is 25.4 Å². The molecule has 2 unspecified atom stereocenters. The van der Waals surface area contributed by atoms with Gasteiger partial charge in [-0.15, -0.1) is 0 Å². The lowest BCUT2D eigenvalue weighted by molar-refractivity contribution is -0.143. The second-order valence-electron chi connectivity index (χ2n) is 5.46. The second kappa shape index (κ2) is 7.83. The van der Waals surface area contributed by atoms with Gasteiger partial charge in [0.2, 0.25) is 5.91 Å². The quantitative estimate of drug-likeness (QED) is 0.742. The molecule has 7 heteroatoms. The Hall–Kier alpha value is -0.820. The number of amides is 1. The van der Waals surface area contributed by atoms with Crippen molar-refractivity contribution in [2.24, 2.45) is 11.8 Å². The van der Waals surface area contributed by atoms with Crippen molar-refractivity contribution in [3.05, 3.63) is 0 Å². The number of carbonyl (C=O) groups excluding carboxylic acids is 1. The molecule has 1 heterocycles. The first-order chi connectivity index (χ1) is 9.31. The monoisotopic (exact) mass is 295 g/mol. The van der Waals surface area contributed by atoms with Crippen LogP contribution in [0.4, 0.5) is 13.2 Å². The third-order valence-corrected chi connectivity index (χ3v) is 3.49. The van der Waals surface area contributed by atoms with Gasteiger partial charge in [-0.1, -0.05) is 13.8 Å². The van der Waals surface area contributed by atoms with Crippen LogP contribution in [0.1, 0.15) is 20.3 Å². The molecule has 0 aromatic rings. The van der Waals surface area contributed by atoms with Crippen molar-refractivity contribution in [3.8, 4) is 0 Å². The Bertz CT molecular complexity index is 310. The van der Waals surface area contributed by atoms with Gasteiger partial charge in [-0.2, -0.15) is 13.2 Å². The van der Waals surface area contributed by atoms with Crippen molar-refractivity contribution in [1.82, 2.24) is 15.5 Å². The third kappa shape index (κ3) is 6.56. The fourth-order valence-corrected chi connectivity index (χ4v) is 2.35. The number of nitrogens with one attached hydrogen (secondary N) is 2. The third-order valence-electron chi connectivity index (χ3n) is 3.49. The van der Waals surface area contributed by atoms with Crippen LogP contribution in [-0.2, 0) is 4.79 Å². The number of nitrogens with zero attached hydrogens (tertiary/aromatic N) is 1. The first-order valence-corrected chi connectivity index (χ1v) is 7.09. The highest BCUT2D eigenvalue weighted by Crippen LogP contribution is 2.22. The zero-order valence-corrected chi connectivity index (χ0v) is 12.1. The van der Waals surface area contributed by atoms with E-state index in [4.69, 9.17) is 0 Å². The fraction of sp³-hybridized carbons (Fsp3) is 0.923. The summed E-state index contributed by atoms with van der Waals surface area (Å²) in [5.74, 6) is -0.0458. The summed E-state index contributed by atoms with van der Waals surface area (Å²) in [6.07, 6.45) is -3.43. The lowest BCUT2D eigenvalue weighted by Gasteiger charge is -2.18. The van der Waals surface area contributed by atoms with Crippen LogP contribution in [0.15, 0.2) is 0 Å². The molecule has 2 N–H and O–H groups in total. The smallest absolute Gasteiger partial charge is 0.356 e. The highest BCUT2D eigenvalue weighted by Gasteiger charge is 2.34. The molecule has 0 spiro atoms. The molecular weight excluding hydrogens is 271 g/mol. The number of hydrogen-bond donors (Lipinski definition) is 2. The van der Waals surface area contributed by atoms with Crippen molar-refractivity contribution < 1.29 is 18.0 Å². The minimum Gasteiger partial charge on any atom is -0.356 e. The van der Waals surface area contributed by atoms with E-state index in [-0.39, 0.29) is 17.7 Å². The Balaban J connectivity index is 2.22. The van der Waals surface area contributed by atoms with E-state index in [1.165, 1.54) is 4.90 Å². The molecule has 0 radical (unpaired) electrons. The summed E-state index contributed by atoms with van der Waals surface area (Å²) in [7, 11) is 0. The molecule has 2 atom stereocenters. The number of alkyl halides is 3. The molecule has 4 nitrogen and oxygen atoms in total. The Morgan fingerprint density at radius 2 is 2.15 bits per heavy atom. The summed E-state index contributed by atoms with van der Waals surface area (Å²) in [5, 5.41) is 5.93. The fourth-order valence-electron chi connectivity index (χ4n) is 2.35. The highest BCUT2D eigenvalue weighted by atomic mass is 19.4. The Labute approximate surface area is 118 Å². The van der Waals surface area contributed by atoms with Crippen LogP contribution >= 0.6 is 0 Å². The average Bonchev–Trinajstić information content (AvgIpc) is 2.78. The predicted octanol–water partition coefficient (Wildman–Crippen LogP) is 1.23. The van der Waals surface area contributed by atoms with E-state index in [9.17, 15) is 18.0 Å². The summed E-state index contributed by atoms with van der Waals surface area (Å²) in [5.41, 5.74) is 0. The lowest BCUT2D eigenvalue weighted by Crippen LogP contribution is -2.38. The first kappa shape index (κ1) is 17.2. The van der Waals surface area contributed by atoms with Gasteiger partial charge in [-0.25, -0.2) is 0 Å². The second-order valence-corrected chi connectivity index (χ2v) is 5.46. The van der Waals surface area contributed by atoms with E-state index in [2.05, 4.69) is 10.6 Å². The number of carbonyl (C=O) groups is 1. The summed E-state index contributed by atoms with van der Waals surface area (Å²) in [6.45, 7) is 5.70. The zero-order chi connectivity index (χ0) is 15.2. The van der Waals surface area contributed by atoms with Crippen molar-refractivity contribution in [3.63, 3.8) is 0 Å². The normalized spacial score (nSPS) is 21.9. The number of rotatable bonds is 7. The van der Waals surface area contributed by atoms with Crippen molar-refractivity contribution in [1.29, 1.82) is 0 Å². The van der Waals surface area contributed by atoms with Gasteiger partial charge in [0.15, 0.2) is 0 Å². The minimum absolute atomic E-state index is 0.0415. The SMILES string of the molecule is CCNCC(C)C(=O)NCC1CCN(CC(F)(F)F)C1. The summed E-state index contributed by atoms with van der Waals surface area (Å²) in [4.78, 5) is 13.2. The van der Waals surface area contributed by atoms with E-state index < -0.39 is 12.7 Å². The minimum atomic E-state index is -4.14. The topological polar surface area (TPSA) is 44.4 Å². The molecule has 1 amide bonds. The maximum atomic E-state index is 12.3. The van der Waals surface area contributed by atoms with E-state index in [1.807, 2.05) is 13.8 Å². The number of halogens is 3. The van der Waals surface area contributed by atoms with Gasteiger partial charge in [0.25, 0.3) is 0 Å². The van der Waals surface area contributed by atoms with Crippen LogP contribution in [0, 0.1) is 11.8 Å². The summed E-state index contributed by atoms with van der Waals surface area (Å²) >= 11 is 0. The highest BCUT2D eigenvalue weighted by molar-refractivity contribution is 5.78. The Morgan fingerprint density at radius 3 is 2.75 bits per heavy atom. The summed E-state index contributed by atoms with van der Waals surface area (Å²) in [6, 6.07) is 0. The first-order valence-electron chi connectivity index (χ1n) is 7.09. The predicted molar refractivity (Wildman–Crippen MR) is 71.3 cm³/mol.